The van der Waals surface area contributed by atoms with Crippen molar-refractivity contribution in [1.29, 1.82) is 0 Å². The van der Waals surface area contributed by atoms with Crippen molar-refractivity contribution in [2.24, 2.45) is 0 Å². The highest BCUT2D eigenvalue weighted by atomic mass is 127. The van der Waals surface area contributed by atoms with Crippen molar-refractivity contribution in [2.75, 3.05) is 0 Å². The predicted molar refractivity (Wildman–Crippen MR) is 145 cm³/mol. The van der Waals surface area contributed by atoms with E-state index in [1.807, 2.05) is 91.0 Å². The summed E-state index contributed by atoms with van der Waals surface area (Å²) in [6.45, 7) is 0.667. The van der Waals surface area contributed by atoms with Gasteiger partial charge >= 0.3 is 0 Å². The molecule has 5 rings (SSSR count). The normalized spacial score (nSPS) is 14.9. The maximum absolute atomic E-state index is 13.2. The van der Waals surface area contributed by atoms with Gasteiger partial charge in [0.05, 0.1) is 11.4 Å². The van der Waals surface area contributed by atoms with Gasteiger partial charge in [0.1, 0.15) is 12.4 Å². The van der Waals surface area contributed by atoms with Crippen LogP contribution in [-0.2, 0) is 17.9 Å². The molecule has 34 heavy (non-hydrogen) atoms. The first-order valence-electron chi connectivity index (χ1n) is 10.8. The van der Waals surface area contributed by atoms with Crippen molar-refractivity contribution < 1.29 is 14.3 Å². The molecule has 1 saturated heterocycles. The highest BCUT2D eigenvalue weighted by Crippen LogP contribution is 2.37. The van der Waals surface area contributed by atoms with Crippen molar-refractivity contribution in [3.8, 4) is 5.75 Å². The van der Waals surface area contributed by atoms with Crippen LogP contribution in [0.5, 0.6) is 5.75 Å². The Balaban J connectivity index is 1.47. The van der Waals surface area contributed by atoms with Crippen LogP contribution < -0.4 is 4.74 Å². The number of carbonyl (C=O) groups excluding carboxylic acids is 2. The number of rotatable bonds is 6. The molecule has 1 aliphatic heterocycles. The maximum Gasteiger partial charge on any atom is 0.293 e. The molecule has 0 saturated carbocycles. The first-order valence-corrected chi connectivity index (χ1v) is 12.7. The summed E-state index contributed by atoms with van der Waals surface area (Å²) in [6, 6.07) is 29.7. The van der Waals surface area contributed by atoms with E-state index in [1.165, 1.54) is 4.90 Å². The van der Waals surface area contributed by atoms with E-state index < -0.39 is 0 Å². The van der Waals surface area contributed by atoms with Gasteiger partial charge in [0.25, 0.3) is 11.1 Å². The van der Waals surface area contributed by atoms with Gasteiger partial charge in [-0.3, -0.25) is 14.5 Å². The molecule has 0 unspecified atom stereocenters. The minimum atomic E-state index is -0.282. The number of hydrogen-bond acceptors (Lipinski definition) is 4. The molecule has 0 bridgehead atoms. The van der Waals surface area contributed by atoms with E-state index in [4.69, 9.17) is 4.74 Å². The number of thioether (sulfide) groups is 1. The minimum Gasteiger partial charge on any atom is -0.488 e. The van der Waals surface area contributed by atoms with Gasteiger partial charge in [0.15, 0.2) is 0 Å². The second-order valence-electron chi connectivity index (χ2n) is 7.87. The summed E-state index contributed by atoms with van der Waals surface area (Å²) in [6.07, 6.45) is 1.79. The van der Waals surface area contributed by atoms with Crippen LogP contribution in [0.25, 0.3) is 16.8 Å². The number of benzene rings is 4. The third-order valence-corrected chi connectivity index (χ3v) is 7.20. The molecule has 2 amide bonds. The fourth-order valence-corrected chi connectivity index (χ4v) is 5.01. The molecular formula is C28H20INO3S. The Bertz CT molecular complexity index is 1400. The van der Waals surface area contributed by atoms with Crippen LogP contribution in [0, 0.1) is 3.57 Å². The smallest absolute Gasteiger partial charge is 0.293 e. The molecule has 0 N–H and O–H groups in total. The Hall–Kier alpha value is -3.10. The molecule has 0 aromatic heterocycles. The highest BCUT2D eigenvalue weighted by Gasteiger charge is 2.35. The molecule has 1 aliphatic rings. The van der Waals surface area contributed by atoms with Gasteiger partial charge < -0.3 is 4.74 Å². The standard InChI is InChI=1S/C28H20INO3S/c29-22-13-10-19(11-14-22)17-30-27(31)26(34-28(30)32)16-24-23-9-5-4-8-21(23)12-15-25(24)33-18-20-6-2-1-3-7-20/h1-16H,17-18H2/b26-16-. The zero-order valence-corrected chi connectivity index (χ0v) is 21.1. The number of amides is 2. The number of carbonyl (C=O) groups is 2. The van der Waals surface area contributed by atoms with Crippen LogP contribution in [0.2, 0.25) is 0 Å². The Morgan fingerprint density at radius 2 is 1.56 bits per heavy atom. The lowest BCUT2D eigenvalue weighted by atomic mass is 10.0. The summed E-state index contributed by atoms with van der Waals surface area (Å²) in [7, 11) is 0. The van der Waals surface area contributed by atoms with Gasteiger partial charge in [-0.2, -0.15) is 0 Å². The zero-order valence-electron chi connectivity index (χ0n) is 18.1. The average Bonchev–Trinajstić information content (AvgIpc) is 3.12. The topological polar surface area (TPSA) is 46.6 Å². The van der Waals surface area contributed by atoms with E-state index in [2.05, 4.69) is 22.6 Å². The quantitative estimate of drug-likeness (QED) is 0.179. The third kappa shape index (κ3) is 4.88. The molecule has 1 heterocycles. The van der Waals surface area contributed by atoms with E-state index in [0.29, 0.717) is 17.3 Å². The second-order valence-corrected chi connectivity index (χ2v) is 10.1. The fraction of sp³-hybridized carbons (Fsp3) is 0.0714. The number of fused-ring (bicyclic) bond motifs is 1. The Morgan fingerprint density at radius 1 is 0.824 bits per heavy atom. The summed E-state index contributed by atoms with van der Waals surface area (Å²) in [5.74, 6) is 0.391. The van der Waals surface area contributed by atoms with E-state index >= 15 is 0 Å². The van der Waals surface area contributed by atoms with Gasteiger partial charge in [0.2, 0.25) is 0 Å². The third-order valence-electron chi connectivity index (χ3n) is 5.57. The fourth-order valence-electron chi connectivity index (χ4n) is 3.83. The highest BCUT2D eigenvalue weighted by molar-refractivity contribution is 14.1. The number of nitrogens with zero attached hydrogens (tertiary/aromatic N) is 1. The van der Waals surface area contributed by atoms with Crippen LogP contribution >= 0.6 is 34.4 Å². The summed E-state index contributed by atoms with van der Waals surface area (Å²) in [5.41, 5.74) is 2.77. The zero-order chi connectivity index (χ0) is 23.5. The largest absolute Gasteiger partial charge is 0.488 e. The Labute approximate surface area is 215 Å². The maximum atomic E-state index is 13.2. The molecule has 4 aromatic carbocycles. The van der Waals surface area contributed by atoms with Crippen molar-refractivity contribution in [3.05, 3.63) is 116 Å². The predicted octanol–water partition coefficient (Wildman–Crippen LogP) is 7.26. The lowest BCUT2D eigenvalue weighted by Crippen LogP contribution is -2.27. The lowest BCUT2D eigenvalue weighted by Gasteiger charge is -2.13. The van der Waals surface area contributed by atoms with E-state index in [-0.39, 0.29) is 17.7 Å². The lowest BCUT2D eigenvalue weighted by molar-refractivity contribution is -0.123. The molecule has 0 spiro atoms. The molecule has 168 valence electrons. The molecule has 0 aliphatic carbocycles. The van der Waals surface area contributed by atoms with Crippen molar-refractivity contribution in [1.82, 2.24) is 4.90 Å². The summed E-state index contributed by atoms with van der Waals surface area (Å²) in [4.78, 5) is 27.6. The van der Waals surface area contributed by atoms with E-state index in [1.54, 1.807) is 6.08 Å². The number of ether oxygens (including phenoxy) is 1. The molecule has 1 fully saturated rings. The van der Waals surface area contributed by atoms with Gasteiger partial charge in [-0.15, -0.1) is 0 Å². The van der Waals surface area contributed by atoms with E-state index in [9.17, 15) is 9.59 Å². The molecule has 4 aromatic rings. The van der Waals surface area contributed by atoms with Crippen molar-refractivity contribution in [2.45, 2.75) is 13.2 Å². The molecule has 0 radical (unpaired) electrons. The molecular weight excluding hydrogens is 557 g/mol. The minimum absolute atomic E-state index is 0.256. The summed E-state index contributed by atoms with van der Waals surface area (Å²) < 4.78 is 7.28. The summed E-state index contributed by atoms with van der Waals surface area (Å²) in [5, 5.41) is 1.75. The first kappa shape index (κ1) is 22.7. The SMILES string of the molecule is O=C1S/C(=C\c2c(OCc3ccccc3)ccc3ccccc23)C(=O)N1Cc1ccc(I)cc1. The van der Waals surface area contributed by atoms with Gasteiger partial charge in [-0.05, 0) is 80.5 Å². The average molecular weight is 577 g/mol. The van der Waals surface area contributed by atoms with Crippen LogP contribution in [-0.4, -0.2) is 16.0 Å². The monoisotopic (exact) mass is 577 g/mol. The van der Waals surface area contributed by atoms with Crippen LogP contribution in [0.1, 0.15) is 16.7 Å². The van der Waals surface area contributed by atoms with Gasteiger partial charge in [-0.25, -0.2) is 0 Å². The molecule has 0 atom stereocenters. The van der Waals surface area contributed by atoms with Gasteiger partial charge in [-0.1, -0.05) is 72.8 Å². The van der Waals surface area contributed by atoms with Crippen molar-refractivity contribution >= 4 is 62.3 Å². The van der Waals surface area contributed by atoms with Crippen LogP contribution in [0.3, 0.4) is 0 Å². The summed E-state index contributed by atoms with van der Waals surface area (Å²) >= 11 is 3.20. The first-order chi connectivity index (χ1) is 16.6. The number of hydrogen-bond donors (Lipinski definition) is 0. The van der Waals surface area contributed by atoms with Crippen molar-refractivity contribution in [3.63, 3.8) is 0 Å². The van der Waals surface area contributed by atoms with Gasteiger partial charge in [0, 0.05) is 9.13 Å². The Kier molecular flexibility index (Phi) is 6.69. The van der Waals surface area contributed by atoms with Crippen LogP contribution in [0.4, 0.5) is 4.79 Å². The molecule has 6 heteroatoms. The Morgan fingerprint density at radius 3 is 2.35 bits per heavy atom. The second kappa shape index (κ2) is 10.0. The molecule has 4 nitrogen and oxygen atoms in total. The van der Waals surface area contributed by atoms with Crippen LogP contribution in [0.15, 0.2) is 95.9 Å². The number of imide groups is 1. The number of halogens is 1. The van der Waals surface area contributed by atoms with E-state index in [0.717, 1.165) is 42.8 Å².